The van der Waals surface area contributed by atoms with Crippen LogP contribution in [0.5, 0.6) is 11.5 Å². The Balaban J connectivity index is 2.40. The van der Waals surface area contributed by atoms with Gasteiger partial charge in [-0.2, -0.15) is 0 Å². The molecule has 1 aromatic carbocycles. The van der Waals surface area contributed by atoms with Crippen molar-refractivity contribution in [1.29, 1.82) is 0 Å². The molecule has 2 rings (SSSR count). The number of hydrogen-bond donors (Lipinski definition) is 1. The van der Waals surface area contributed by atoms with E-state index in [4.69, 9.17) is 22.1 Å². The summed E-state index contributed by atoms with van der Waals surface area (Å²) in [4.78, 5) is 15.2. The maximum atomic E-state index is 11.3. The summed E-state index contributed by atoms with van der Waals surface area (Å²) in [6, 6.07) is 8.36. The molecule has 2 N–H and O–H groups in total. The van der Waals surface area contributed by atoms with E-state index in [2.05, 4.69) is 4.98 Å². The van der Waals surface area contributed by atoms with Gasteiger partial charge in [-0.05, 0) is 19.1 Å². The summed E-state index contributed by atoms with van der Waals surface area (Å²) >= 11 is 5.80. The summed E-state index contributed by atoms with van der Waals surface area (Å²) in [5, 5.41) is 0.326. The highest BCUT2D eigenvalue weighted by Gasteiger charge is 2.10. The monoisotopic (exact) mass is 262 g/mol. The summed E-state index contributed by atoms with van der Waals surface area (Å²) in [5.41, 5.74) is 6.42. The first-order chi connectivity index (χ1) is 8.58. The molecular weight excluding hydrogens is 252 g/mol. The van der Waals surface area contributed by atoms with Crippen molar-refractivity contribution in [2.75, 3.05) is 0 Å². The van der Waals surface area contributed by atoms with Gasteiger partial charge in [0.15, 0.2) is 0 Å². The lowest BCUT2D eigenvalue weighted by Crippen LogP contribution is -2.12. The van der Waals surface area contributed by atoms with Gasteiger partial charge in [0.25, 0.3) is 5.91 Å². The summed E-state index contributed by atoms with van der Waals surface area (Å²) < 4.78 is 5.66. The van der Waals surface area contributed by atoms with Gasteiger partial charge < -0.3 is 10.5 Å². The van der Waals surface area contributed by atoms with E-state index in [1.807, 2.05) is 6.92 Å². The van der Waals surface area contributed by atoms with Crippen molar-refractivity contribution < 1.29 is 9.53 Å². The number of primary amides is 1. The smallest absolute Gasteiger partial charge is 0.252 e. The minimum absolute atomic E-state index is 0.324. The van der Waals surface area contributed by atoms with Crippen molar-refractivity contribution in [1.82, 2.24) is 4.98 Å². The van der Waals surface area contributed by atoms with Gasteiger partial charge in [0.2, 0.25) is 0 Å². The molecule has 0 saturated carbocycles. The highest BCUT2D eigenvalue weighted by molar-refractivity contribution is 6.29. The average molecular weight is 263 g/mol. The van der Waals surface area contributed by atoms with Crippen molar-refractivity contribution in [2.24, 2.45) is 5.73 Å². The van der Waals surface area contributed by atoms with Crippen molar-refractivity contribution in [3.63, 3.8) is 0 Å². The average Bonchev–Trinajstić information content (AvgIpc) is 2.34. The molecule has 18 heavy (non-hydrogen) atoms. The Morgan fingerprint density at radius 3 is 2.78 bits per heavy atom. The van der Waals surface area contributed by atoms with Gasteiger partial charge in [0, 0.05) is 17.8 Å². The predicted octanol–water partition coefficient (Wildman–Crippen LogP) is 2.93. The number of aromatic nitrogens is 1. The highest BCUT2D eigenvalue weighted by Crippen LogP contribution is 2.28. The van der Waals surface area contributed by atoms with Gasteiger partial charge in [-0.3, -0.25) is 4.79 Å². The number of aryl methyl sites for hydroxylation is 1. The summed E-state index contributed by atoms with van der Waals surface area (Å²) in [5.74, 6) is 0.405. The number of benzene rings is 1. The van der Waals surface area contributed by atoms with E-state index in [0.717, 1.165) is 5.56 Å². The maximum absolute atomic E-state index is 11.3. The molecule has 1 heterocycles. The lowest BCUT2D eigenvalue weighted by atomic mass is 10.2. The zero-order valence-corrected chi connectivity index (χ0v) is 10.4. The van der Waals surface area contributed by atoms with E-state index in [0.29, 0.717) is 22.2 Å². The molecule has 2 aromatic rings. The molecule has 0 fully saturated rings. The van der Waals surface area contributed by atoms with Crippen LogP contribution in [0, 0.1) is 6.92 Å². The second-order valence-corrected chi connectivity index (χ2v) is 4.12. The normalized spacial score (nSPS) is 10.1. The lowest BCUT2D eigenvalue weighted by Gasteiger charge is -2.11. The van der Waals surface area contributed by atoms with Crippen LogP contribution in [0.4, 0.5) is 0 Å². The molecule has 0 unspecified atom stereocenters. The zero-order chi connectivity index (χ0) is 13.1. The number of amides is 1. The van der Waals surface area contributed by atoms with E-state index >= 15 is 0 Å². The van der Waals surface area contributed by atoms with Gasteiger partial charge in [-0.1, -0.05) is 23.7 Å². The molecule has 5 heteroatoms. The first-order valence-corrected chi connectivity index (χ1v) is 5.64. The molecule has 1 amide bonds. The number of ether oxygens (including phenoxy) is 1. The van der Waals surface area contributed by atoms with Crippen LogP contribution < -0.4 is 10.5 Å². The van der Waals surface area contributed by atoms with Crippen molar-refractivity contribution in [3.8, 4) is 11.5 Å². The fourth-order valence-corrected chi connectivity index (χ4v) is 1.62. The number of carbonyl (C=O) groups is 1. The Labute approximate surface area is 109 Å². The molecular formula is C13H11ClN2O2. The Morgan fingerprint density at radius 1 is 1.33 bits per heavy atom. The lowest BCUT2D eigenvalue weighted by molar-refractivity contribution is 0.0998. The van der Waals surface area contributed by atoms with Gasteiger partial charge in [0.05, 0.1) is 5.56 Å². The molecule has 0 bridgehead atoms. The molecule has 0 radical (unpaired) electrons. The minimum Gasteiger partial charge on any atom is -0.456 e. The number of halogens is 1. The van der Waals surface area contributed by atoms with Crippen LogP contribution in [-0.4, -0.2) is 10.9 Å². The topological polar surface area (TPSA) is 65.2 Å². The van der Waals surface area contributed by atoms with Gasteiger partial charge in [-0.25, -0.2) is 4.98 Å². The first-order valence-electron chi connectivity index (χ1n) is 5.27. The van der Waals surface area contributed by atoms with Gasteiger partial charge >= 0.3 is 0 Å². The largest absolute Gasteiger partial charge is 0.456 e. The van der Waals surface area contributed by atoms with Crippen LogP contribution in [0.15, 0.2) is 36.5 Å². The van der Waals surface area contributed by atoms with Crippen LogP contribution in [0.1, 0.15) is 15.9 Å². The third-order valence-electron chi connectivity index (χ3n) is 2.39. The highest BCUT2D eigenvalue weighted by atomic mass is 35.5. The molecule has 0 atom stereocenters. The van der Waals surface area contributed by atoms with Crippen LogP contribution >= 0.6 is 11.6 Å². The number of para-hydroxylation sites is 1. The number of nitrogens with zero attached hydrogens (tertiary/aromatic N) is 1. The Hall–Kier alpha value is -2.07. The summed E-state index contributed by atoms with van der Waals surface area (Å²) in [6.45, 7) is 1.84. The van der Waals surface area contributed by atoms with Crippen LogP contribution in [0.3, 0.4) is 0 Å². The van der Waals surface area contributed by atoms with Crippen molar-refractivity contribution >= 4 is 17.5 Å². The van der Waals surface area contributed by atoms with Gasteiger partial charge in [-0.15, -0.1) is 0 Å². The minimum atomic E-state index is -0.539. The second kappa shape index (κ2) is 5.06. The molecule has 0 aliphatic rings. The number of rotatable bonds is 3. The SMILES string of the molecule is Cc1cnc(Cl)cc1Oc1ccccc1C(N)=O. The Kier molecular flexibility index (Phi) is 3.48. The van der Waals surface area contributed by atoms with Crippen LogP contribution in [0.25, 0.3) is 0 Å². The van der Waals surface area contributed by atoms with Crippen LogP contribution in [0.2, 0.25) is 5.15 Å². The zero-order valence-electron chi connectivity index (χ0n) is 9.68. The van der Waals surface area contributed by atoms with Crippen LogP contribution in [-0.2, 0) is 0 Å². The molecule has 1 aromatic heterocycles. The Morgan fingerprint density at radius 2 is 2.06 bits per heavy atom. The third kappa shape index (κ3) is 2.60. The number of carbonyl (C=O) groups excluding carboxylic acids is 1. The predicted molar refractivity (Wildman–Crippen MR) is 69.0 cm³/mol. The molecule has 4 nitrogen and oxygen atoms in total. The molecule has 0 saturated heterocycles. The fourth-order valence-electron chi connectivity index (χ4n) is 1.47. The second-order valence-electron chi connectivity index (χ2n) is 3.73. The first kappa shape index (κ1) is 12.4. The summed E-state index contributed by atoms with van der Waals surface area (Å²) in [6.07, 6.45) is 1.60. The number of hydrogen-bond acceptors (Lipinski definition) is 3. The quantitative estimate of drug-likeness (QED) is 0.865. The van der Waals surface area contributed by atoms with Gasteiger partial charge in [0.1, 0.15) is 16.7 Å². The number of pyridine rings is 1. The van der Waals surface area contributed by atoms with Crippen molar-refractivity contribution in [3.05, 3.63) is 52.8 Å². The molecule has 0 aliphatic heterocycles. The van der Waals surface area contributed by atoms with Crippen molar-refractivity contribution in [2.45, 2.75) is 6.92 Å². The molecule has 92 valence electrons. The maximum Gasteiger partial charge on any atom is 0.252 e. The van der Waals surface area contributed by atoms with E-state index < -0.39 is 5.91 Å². The third-order valence-corrected chi connectivity index (χ3v) is 2.60. The summed E-state index contributed by atoms with van der Waals surface area (Å²) in [7, 11) is 0. The van der Waals surface area contributed by atoms with E-state index in [1.165, 1.54) is 0 Å². The molecule has 0 aliphatic carbocycles. The van der Waals surface area contributed by atoms with E-state index in [-0.39, 0.29) is 0 Å². The molecule has 0 spiro atoms. The number of nitrogens with two attached hydrogens (primary N) is 1. The Bertz CT molecular complexity index is 599. The fraction of sp³-hybridized carbons (Fsp3) is 0.0769. The standard InChI is InChI=1S/C13H11ClN2O2/c1-8-7-16-12(14)6-11(8)18-10-5-3-2-4-9(10)13(15)17/h2-7H,1H3,(H2,15,17). The van der Waals surface area contributed by atoms with E-state index in [9.17, 15) is 4.79 Å². The van der Waals surface area contributed by atoms with E-state index in [1.54, 1.807) is 36.5 Å².